The van der Waals surface area contributed by atoms with Crippen LogP contribution in [-0.4, -0.2) is 38.4 Å². The number of halogens is 2. The SMILES string of the molecule is O=S1(=O)CCC(NCC(O)C(F)F)c2ccccc21. The minimum Gasteiger partial charge on any atom is -0.386 e. The molecule has 0 fully saturated rings. The number of rotatable bonds is 4. The number of nitrogens with one attached hydrogen (secondary N) is 1. The second-order valence-corrected chi connectivity index (χ2v) is 6.59. The van der Waals surface area contributed by atoms with E-state index in [4.69, 9.17) is 5.11 Å². The van der Waals surface area contributed by atoms with Gasteiger partial charge < -0.3 is 10.4 Å². The third kappa shape index (κ3) is 3.10. The zero-order valence-corrected chi connectivity index (χ0v) is 10.9. The number of alkyl halides is 2. The summed E-state index contributed by atoms with van der Waals surface area (Å²) in [5, 5.41) is 11.9. The first kappa shape index (κ1) is 14.4. The van der Waals surface area contributed by atoms with Gasteiger partial charge in [0.15, 0.2) is 9.84 Å². The van der Waals surface area contributed by atoms with Gasteiger partial charge in [-0.1, -0.05) is 18.2 Å². The van der Waals surface area contributed by atoms with Crippen LogP contribution in [0.15, 0.2) is 29.2 Å². The molecule has 2 atom stereocenters. The molecule has 4 nitrogen and oxygen atoms in total. The van der Waals surface area contributed by atoms with E-state index >= 15 is 0 Å². The van der Waals surface area contributed by atoms with Gasteiger partial charge in [-0.25, -0.2) is 17.2 Å². The first-order valence-electron chi connectivity index (χ1n) is 5.93. The summed E-state index contributed by atoms with van der Waals surface area (Å²) in [4.78, 5) is 0.241. The average Bonchev–Trinajstić information content (AvgIpc) is 2.37. The molecule has 0 saturated heterocycles. The molecule has 19 heavy (non-hydrogen) atoms. The molecule has 0 saturated carbocycles. The Morgan fingerprint density at radius 1 is 1.37 bits per heavy atom. The van der Waals surface area contributed by atoms with E-state index in [0.29, 0.717) is 12.0 Å². The van der Waals surface area contributed by atoms with Crippen molar-refractivity contribution in [3.8, 4) is 0 Å². The van der Waals surface area contributed by atoms with Gasteiger partial charge in [0.05, 0.1) is 10.6 Å². The molecule has 1 aromatic rings. The molecule has 0 bridgehead atoms. The molecule has 1 heterocycles. The third-order valence-electron chi connectivity index (χ3n) is 3.17. The highest BCUT2D eigenvalue weighted by Crippen LogP contribution is 2.31. The van der Waals surface area contributed by atoms with Crippen molar-refractivity contribution in [2.45, 2.75) is 29.9 Å². The van der Waals surface area contributed by atoms with Gasteiger partial charge in [0, 0.05) is 12.6 Å². The molecule has 0 aromatic heterocycles. The molecule has 1 aliphatic heterocycles. The molecule has 1 aromatic carbocycles. The van der Waals surface area contributed by atoms with Gasteiger partial charge in [-0.3, -0.25) is 0 Å². The van der Waals surface area contributed by atoms with Crippen LogP contribution in [0.25, 0.3) is 0 Å². The molecular weight excluding hydrogens is 276 g/mol. The van der Waals surface area contributed by atoms with Crippen LogP contribution >= 0.6 is 0 Å². The van der Waals surface area contributed by atoms with E-state index < -0.39 is 22.4 Å². The van der Waals surface area contributed by atoms with Crippen LogP contribution in [0.5, 0.6) is 0 Å². The molecule has 2 N–H and O–H groups in total. The summed E-state index contributed by atoms with van der Waals surface area (Å²) in [6.07, 6.45) is -4.24. The van der Waals surface area contributed by atoms with Crippen molar-refractivity contribution in [3.63, 3.8) is 0 Å². The van der Waals surface area contributed by atoms with Gasteiger partial charge in [0.25, 0.3) is 6.43 Å². The fourth-order valence-corrected chi connectivity index (χ4v) is 3.78. The Hall–Kier alpha value is -1.05. The number of sulfone groups is 1. The first-order chi connectivity index (χ1) is 8.92. The Balaban J connectivity index is 2.17. The van der Waals surface area contributed by atoms with Crippen molar-refractivity contribution in [2.24, 2.45) is 0 Å². The van der Waals surface area contributed by atoms with E-state index in [1.807, 2.05) is 0 Å². The predicted molar refractivity (Wildman–Crippen MR) is 65.9 cm³/mol. The summed E-state index contributed by atoms with van der Waals surface area (Å²) in [6.45, 7) is -0.267. The lowest BCUT2D eigenvalue weighted by Crippen LogP contribution is -2.37. The molecular formula is C12H15F2NO3S. The highest BCUT2D eigenvalue weighted by molar-refractivity contribution is 7.91. The Labute approximate surface area is 110 Å². The maximum atomic E-state index is 12.2. The standard InChI is InChI=1S/C12H15F2NO3S/c13-12(14)10(16)7-15-9-5-6-19(17,18)11-4-2-1-3-8(9)11/h1-4,9-10,12,15-16H,5-7H2. The summed E-state index contributed by atoms with van der Waals surface area (Å²) in [5.41, 5.74) is 0.579. The van der Waals surface area contributed by atoms with Crippen LogP contribution in [0.4, 0.5) is 8.78 Å². The minimum atomic E-state index is -3.28. The summed E-state index contributed by atoms with van der Waals surface area (Å²) in [6, 6.07) is 6.19. The molecule has 0 radical (unpaired) electrons. The van der Waals surface area contributed by atoms with E-state index in [2.05, 4.69) is 5.32 Å². The van der Waals surface area contributed by atoms with Crippen LogP contribution in [0, 0.1) is 0 Å². The Kier molecular flexibility index (Phi) is 4.17. The van der Waals surface area contributed by atoms with E-state index in [9.17, 15) is 17.2 Å². The molecule has 0 amide bonds. The van der Waals surface area contributed by atoms with Crippen LogP contribution in [0.2, 0.25) is 0 Å². The molecule has 1 aliphatic rings. The topological polar surface area (TPSA) is 66.4 Å². The van der Waals surface area contributed by atoms with E-state index in [1.165, 1.54) is 6.07 Å². The normalized spacial score (nSPS) is 23.1. The van der Waals surface area contributed by atoms with Gasteiger partial charge >= 0.3 is 0 Å². The number of hydrogen-bond acceptors (Lipinski definition) is 4. The quantitative estimate of drug-likeness (QED) is 0.872. The van der Waals surface area contributed by atoms with Crippen molar-refractivity contribution in [2.75, 3.05) is 12.3 Å². The lowest BCUT2D eigenvalue weighted by Gasteiger charge is -2.27. The van der Waals surface area contributed by atoms with Crippen LogP contribution in [0.3, 0.4) is 0 Å². The maximum Gasteiger partial charge on any atom is 0.265 e. The van der Waals surface area contributed by atoms with Crippen LogP contribution < -0.4 is 5.32 Å². The highest BCUT2D eigenvalue weighted by atomic mass is 32.2. The summed E-state index contributed by atoms with van der Waals surface area (Å²) in [5.74, 6) is -0.0214. The predicted octanol–water partition coefficient (Wildman–Crippen LogP) is 1.12. The van der Waals surface area contributed by atoms with Crippen LogP contribution in [-0.2, 0) is 9.84 Å². The van der Waals surface area contributed by atoms with Crippen molar-refractivity contribution in [1.29, 1.82) is 0 Å². The molecule has 0 aliphatic carbocycles. The Morgan fingerprint density at radius 3 is 2.74 bits per heavy atom. The molecule has 0 spiro atoms. The van der Waals surface area contributed by atoms with E-state index in [0.717, 1.165) is 0 Å². The van der Waals surface area contributed by atoms with Crippen LogP contribution in [0.1, 0.15) is 18.0 Å². The molecule has 106 valence electrons. The average molecular weight is 291 g/mol. The van der Waals surface area contributed by atoms with Gasteiger partial charge in [-0.15, -0.1) is 0 Å². The van der Waals surface area contributed by atoms with E-state index in [1.54, 1.807) is 18.2 Å². The maximum absolute atomic E-state index is 12.2. The van der Waals surface area contributed by atoms with Gasteiger partial charge in [-0.05, 0) is 18.1 Å². The molecule has 2 rings (SSSR count). The summed E-state index contributed by atoms with van der Waals surface area (Å²) in [7, 11) is -3.28. The number of fused-ring (bicyclic) bond motifs is 1. The summed E-state index contributed by atoms with van der Waals surface area (Å²) < 4.78 is 48.2. The van der Waals surface area contributed by atoms with E-state index in [-0.39, 0.29) is 23.2 Å². The third-order valence-corrected chi connectivity index (χ3v) is 4.98. The second-order valence-electron chi connectivity index (χ2n) is 4.51. The molecule has 2 unspecified atom stereocenters. The number of hydrogen-bond donors (Lipinski definition) is 2. The number of benzene rings is 1. The van der Waals surface area contributed by atoms with Crippen molar-refractivity contribution >= 4 is 9.84 Å². The number of aliphatic hydroxyl groups is 1. The lowest BCUT2D eigenvalue weighted by molar-refractivity contribution is -0.00477. The summed E-state index contributed by atoms with van der Waals surface area (Å²) >= 11 is 0. The number of aliphatic hydroxyl groups excluding tert-OH is 1. The fourth-order valence-electron chi connectivity index (χ4n) is 2.15. The van der Waals surface area contributed by atoms with Gasteiger partial charge in [0.2, 0.25) is 0 Å². The smallest absolute Gasteiger partial charge is 0.265 e. The monoisotopic (exact) mass is 291 g/mol. The van der Waals surface area contributed by atoms with Crippen molar-refractivity contribution in [3.05, 3.63) is 29.8 Å². The second kappa shape index (κ2) is 5.52. The Morgan fingerprint density at radius 2 is 2.05 bits per heavy atom. The minimum absolute atomic E-state index is 0.0214. The Bertz CT molecular complexity index is 548. The van der Waals surface area contributed by atoms with Crippen molar-refractivity contribution < 1.29 is 22.3 Å². The largest absolute Gasteiger partial charge is 0.386 e. The fraction of sp³-hybridized carbons (Fsp3) is 0.500. The van der Waals surface area contributed by atoms with Crippen molar-refractivity contribution in [1.82, 2.24) is 5.32 Å². The van der Waals surface area contributed by atoms with Gasteiger partial charge in [-0.2, -0.15) is 0 Å². The molecule has 7 heteroatoms. The highest BCUT2D eigenvalue weighted by Gasteiger charge is 2.30. The lowest BCUT2D eigenvalue weighted by atomic mass is 10.0. The van der Waals surface area contributed by atoms with Gasteiger partial charge in [0.1, 0.15) is 6.10 Å². The zero-order chi connectivity index (χ0) is 14.0. The first-order valence-corrected chi connectivity index (χ1v) is 7.58. The zero-order valence-electron chi connectivity index (χ0n) is 10.1.